The van der Waals surface area contributed by atoms with E-state index in [1.807, 2.05) is 0 Å². The summed E-state index contributed by atoms with van der Waals surface area (Å²) in [5, 5.41) is 11.5. The quantitative estimate of drug-likeness (QED) is 0.278. The molecule has 0 saturated carbocycles. The zero-order valence-electron chi connectivity index (χ0n) is 15.1. The highest BCUT2D eigenvalue weighted by Crippen LogP contribution is 2.36. The predicted molar refractivity (Wildman–Crippen MR) is 108 cm³/mol. The highest BCUT2D eigenvalue weighted by molar-refractivity contribution is 9.10. The van der Waals surface area contributed by atoms with E-state index in [9.17, 15) is 14.9 Å². The zero-order chi connectivity index (χ0) is 20.7. The van der Waals surface area contributed by atoms with Crippen LogP contribution < -0.4 is 15.4 Å². The van der Waals surface area contributed by atoms with E-state index in [-0.39, 0.29) is 29.3 Å². The number of halogens is 1. The van der Waals surface area contributed by atoms with Gasteiger partial charge < -0.3 is 15.2 Å². The molecule has 2 N–H and O–H groups in total. The summed E-state index contributed by atoms with van der Waals surface area (Å²) in [5.74, 6) is 0.262. The zero-order valence-corrected chi connectivity index (χ0v) is 16.7. The van der Waals surface area contributed by atoms with Gasteiger partial charge in [-0.1, -0.05) is 24.8 Å². The van der Waals surface area contributed by atoms with Gasteiger partial charge in [0.2, 0.25) is 5.82 Å². The Morgan fingerprint density at radius 1 is 1.46 bits per heavy atom. The lowest BCUT2D eigenvalue weighted by atomic mass is 10.2. The van der Waals surface area contributed by atoms with Crippen molar-refractivity contribution in [2.75, 3.05) is 23.8 Å². The highest BCUT2D eigenvalue weighted by Gasteiger charge is 2.29. The lowest BCUT2D eigenvalue weighted by molar-refractivity contribution is -0.383. The smallest absolute Gasteiger partial charge is 0.414 e. The Kier molecular flexibility index (Phi) is 7.33. The highest BCUT2D eigenvalue weighted by atomic mass is 79.9. The number of carbonyl (C=O) groups excluding carboxylic acids is 1. The molecule has 1 amide bonds. The molecule has 2 rings (SSSR count). The second-order valence-electron chi connectivity index (χ2n) is 5.49. The molecule has 0 aliphatic carbocycles. The number of pyridine rings is 1. The molecular formula is C18H19BrN4O5. The van der Waals surface area contributed by atoms with Crippen LogP contribution in [0.2, 0.25) is 0 Å². The van der Waals surface area contributed by atoms with Gasteiger partial charge in [-0.05, 0) is 40.5 Å². The molecule has 1 aromatic heterocycles. The number of benzene rings is 1. The van der Waals surface area contributed by atoms with Crippen LogP contribution in [0.3, 0.4) is 0 Å². The maximum Gasteiger partial charge on any atom is 0.414 e. The molecule has 0 saturated heterocycles. The van der Waals surface area contributed by atoms with Crippen LogP contribution in [-0.2, 0) is 11.3 Å². The van der Waals surface area contributed by atoms with Gasteiger partial charge in [0.25, 0.3) is 0 Å². The first-order valence-corrected chi connectivity index (χ1v) is 9.04. The van der Waals surface area contributed by atoms with Crippen molar-refractivity contribution in [1.82, 2.24) is 4.98 Å². The molecule has 0 fully saturated rings. The number of ether oxygens (including phenoxy) is 2. The van der Waals surface area contributed by atoms with E-state index < -0.39 is 16.7 Å². The molecule has 1 heterocycles. The summed E-state index contributed by atoms with van der Waals surface area (Å²) < 4.78 is 10.8. The summed E-state index contributed by atoms with van der Waals surface area (Å²) >= 11 is 3.16. The molecule has 0 aliphatic heterocycles. The van der Waals surface area contributed by atoms with Crippen molar-refractivity contribution >= 4 is 39.2 Å². The van der Waals surface area contributed by atoms with Crippen LogP contribution in [0.5, 0.6) is 5.75 Å². The third kappa shape index (κ3) is 5.19. The third-order valence-corrected chi connectivity index (χ3v) is 3.94. The van der Waals surface area contributed by atoms with Crippen molar-refractivity contribution < 1.29 is 19.2 Å². The topological polar surface area (TPSA) is 121 Å². The van der Waals surface area contributed by atoms with Crippen LogP contribution in [0.4, 0.5) is 22.0 Å². The van der Waals surface area contributed by atoms with Gasteiger partial charge in [0.15, 0.2) is 0 Å². The summed E-state index contributed by atoms with van der Waals surface area (Å²) in [6, 6.07) is 8.34. The third-order valence-electron chi connectivity index (χ3n) is 3.54. The first kappa shape index (κ1) is 21.2. The van der Waals surface area contributed by atoms with Crippen LogP contribution in [0.25, 0.3) is 0 Å². The van der Waals surface area contributed by atoms with Crippen molar-refractivity contribution in [3.05, 3.63) is 63.3 Å². The van der Waals surface area contributed by atoms with Crippen LogP contribution in [0, 0.1) is 10.1 Å². The van der Waals surface area contributed by atoms with Crippen molar-refractivity contribution in [3.8, 4) is 5.75 Å². The van der Waals surface area contributed by atoms with Gasteiger partial charge in [0.1, 0.15) is 22.6 Å². The number of nitro groups is 1. The summed E-state index contributed by atoms with van der Waals surface area (Å²) in [4.78, 5) is 28.4. The maximum absolute atomic E-state index is 12.6. The second-order valence-corrected chi connectivity index (χ2v) is 6.30. The molecule has 1 aromatic carbocycles. The second kappa shape index (κ2) is 9.70. The molecule has 9 nitrogen and oxygen atoms in total. The van der Waals surface area contributed by atoms with E-state index in [0.717, 1.165) is 4.90 Å². The fraction of sp³-hybridized carbons (Fsp3) is 0.222. The summed E-state index contributed by atoms with van der Waals surface area (Å²) in [7, 11) is 0. The van der Waals surface area contributed by atoms with Crippen molar-refractivity contribution in [1.29, 1.82) is 0 Å². The Labute approximate surface area is 170 Å². The molecule has 0 bridgehead atoms. The fourth-order valence-electron chi connectivity index (χ4n) is 2.43. The number of anilines is 2. The molecule has 28 heavy (non-hydrogen) atoms. The minimum Gasteiger partial charge on any atom is -0.490 e. The van der Waals surface area contributed by atoms with Crippen LogP contribution in [0.1, 0.15) is 12.5 Å². The van der Waals surface area contributed by atoms with Crippen LogP contribution in [0.15, 0.2) is 47.6 Å². The number of hydrogen-bond acceptors (Lipinski definition) is 7. The maximum atomic E-state index is 12.6. The predicted octanol–water partition coefficient (Wildman–Crippen LogP) is 4.06. The summed E-state index contributed by atoms with van der Waals surface area (Å²) in [6.45, 7) is 5.67. The first-order chi connectivity index (χ1) is 13.4. The number of nitrogens with two attached hydrogens (primary N) is 1. The number of nitrogens with zero attached hydrogens (tertiary/aromatic N) is 3. The molecule has 10 heteroatoms. The number of hydrogen-bond donors (Lipinski definition) is 1. The largest absolute Gasteiger partial charge is 0.490 e. The first-order valence-electron chi connectivity index (χ1n) is 8.24. The molecule has 0 radical (unpaired) electrons. The molecule has 148 valence electrons. The lowest BCUT2D eigenvalue weighted by Crippen LogP contribution is -2.32. The molecule has 0 unspecified atom stereocenters. The van der Waals surface area contributed by atoms with Crippen molar-refractivity contribution in [2.45, 2.75) is 13.5 Å². The number of aromatic nitrogens is 1. The Morgan fingerprint density at radius 3 is 2.86 bits per heavy atom. The van der Waals surface area contributed by atoms with Gasteiger partial charge >= 0.3 is 11.8 Å². The summed E-state index contributed by atoms with van der Waals surface area (Å²) in [6.07, 6.45) is 0.860. The van der Waals surface area contributed by atoms with Crippen LogP contribution >= 0.6 is 15.9 Å². The van der Waals surface area contributed by atoms with Gasteiger partial charge in [-0.3, -0.25) is 15.0 Å². The molecule has 2 aromatic rings. The molecule has 0 aliphatic rings. The molecule has 0 spiro atoms. The molecule has 0 atom stereocenters. The average Bonchev–Trinajstić information content (AvgIpc) is 2.64. The standard InChI is InChI=1S/C18H19BrN4O5/c1-3-8-28-13-7-5-6-12(9-13)11-22(18(24)27-4-2)14-10-15(19)21-17(20)16(14)23(25)26/h3,5-7,9-10H,1,4,8,11H2,2H3,(H2,20,21). The average molecular weight is 451 g/mol. The van der Waals surface area contributed by atoms with Crippen LogP contribution in [-0.4, -0.2) is 29.2 Å². The van der Waals surface area contributed by atoms with E-state index in [1.54, 1.807) is 37.3 Å². The van der Waals surface area contributed by atoms with Crippen molar-refractivity contribution in [3.63, 3.8) is 0 Å². The normalized spacial score (nSPS) is 10.2. The van der Waals surface area contributed by atoms with E-state index in [0.29, 0.717) is 17.9 Å². The van der Waals surface area contributed by atoms with Crippen molar-refractivity contribution in [2.24, 2.45) is 0 Å². The Balaban J connectivity index is 2.49. The Hall–Kier alpha value is -3.14. The number of nitrogen functional groups attached to an aromatic ring is 1. The van der Waals surface area contributed by atoms with Gasteiger partial charge in [-0.2, -0.15) is 0 Å². The number of amides is 1. The number of rotatable bonds is 8. The monoisotopic (exact) mass is 450 g/mol. The van der Waals surface area contributed by atoms with Gasteiger partial charge in [-0.25, -0.2) is 9.78 Å². The fourth-order valence-corrected chi connectivity index (χ4v) is 2.83. The van der Waals surface area contributed by atoms with E-state index in [2.05, 4.69) is 27.5 Å². The van der Waals surface area contributed by atoms with E-state index in [1.165, 1.54) is 6.07 Å². The number of carbonyl (C=O) groups is 1. The Morgan fingerprint density at radius 2 is 2.21 bits per heavy atom. The molecular weight excluding hydrogens is 432 g/mol. The minimum absolute atomic E-state index is 0.000849. The van der Waals surface area contributed by atoms with E-state index in [4.69, 9.17) is 15.2 Å². The Bertz CT molecular complexity index is 890. The van der Waals surface area contributed by atoms with Gasteiger partial charge in [0.05, 0.1) is 18.1 Å². The van der Waals surface area contributed by atoms with Gasteiger partial charge in [-0.15, -0.1) is 0 Å². The SMILES string of the molecule is C=CCOc1cccc(CN(C(=O)OCC)c2cc(Br)nc(N)c2[N+](=O)[O-])c1. The summed E-state index contributed by atoms with van der Waals surface area (Å²) in [5.41, 5.74) is 5.89. The van der Waals surface area contributed by atoms with Gasteiger partial charge in [0, 0.05) is 6.07 Å². The lowest BCUT2D eigenvalue weighted by Gasteiger charge is -2.22. The van der Waals surface area contributed by atoms with E-state index >= 15 is 0 Å². The minimum atomic E-state index is -0.750.